The SMILES string of the molecule is C=CCCCCC(CCCCC=CCCCC)CCCCCCC. The molecule has 24 heavy (non-hydrogen) atoms. The first-order chi connectivity index (χ1) is 11.8. The van der Waals surface area contributed by atoms with E-state index in [0.29, 0.717) is 0 Å². The Labute approximate surface area is 154 Å². The van der Waals surface area contributed by atoms with Crippen LogP contribution in [0, 0.1) is 5.92 Å². The highest BCUT2D eigenvalue weighted by molar-refractivity contribution is 4.81. The van der Waals surface area contributed by atoms with Crippen molar-refractivity contribution in [1.82, 2.24) is 0 Å². The first-order valence-corrected chi connectivity index (χ1v) is 11.1. The Hall–Kier alpha value is -0.520. The van der Waals surface area contributed by atoms with Crippen LogP contribution in [0.3, 0.4) is 0 Å². The molecule has 0 spiro atoms. The molecule has 0 saturated heterocycles. The van der Waals surface area contributed by atoms with E-state index in [9.17, 15) is 0 Å². The molecule has 1 atom stereocenters. The van der Waals surface area contributed by atoms with Gasteiger partial charge in [0.25, 0.3) is 0 Å². The van der Waals surface area contributed by atoms with Gasteiger partial charge in [0.05, 0.1) is 0 Å². The maximum atomic E-state index is 3.85. The van der Waals surface area contributed by atoms with Gasteiger partial charge in [-0.1, -0.05) is 109 Å². The molecule has 0 aromatic rings. The number of hydrogen-bond donors (Lipinski definition) is 0. The Bertz CT molecular complexity index is 263. The zero-order chi connectivity index (χ0) is 17.7. The highest BCUT2D eigenvalue weighted by atomic mass is 14.1. The summed E-state index contributed by atoms with van der Waals surface area (Å²) in [6.07, 6.45) is 30.4. The smallest absolute Gasteiger partial charge is 0.0351 e. The molecule has 0 saturated carbocycles. The van der Waals surface area contributed by atoms with Gasteiger partial charge in [0, 0.05) is 0 Å². The largest absolute Gasteiger partial charge is 0.103 e. The van der Waals surface area contributed by atoms with Gasteiger partial charge in [-0.25, -0.2) is 0 Å². The second kappa shape index (κ2) is 20.5. The Morgan fingerprint density at radius 1 is 0.583 bits per heavy atom. The van der Waals surface area contributed by atoms with Crippen molar-refractivity contribution in [2.45, 2.75) is 123 Å². The van der Waals surface area contributed by atoms with Crippen molar-refractivity contribution < 1.29 is 0 Å². The molecule has 0 aromatic heterocycles. The number of hydrogen-bond acceptors (Lipinski definition) is 0. The van der Waals surface area contributed by atoms with Gasteiger partial charge in [-0.3, -0.25) is 0 Å². The first kappa shape index (κ1) is 23.5. The number of rotatable bonds is 19. The normalized spacial score (nSPS) is 12.8. The molecule has 0 heterocycles. The van der Waals surface area contributed by atoms with Gasteiger partial charge in [-0.05, 0) is 38.0 Å². The second-order valence-corrected chi connectivity index (χ2v) is 7.54. The minimum atomic E-state index is 0.987. The minimum Gasteiger partial charge on any atom is -0.103 e. The van der Waals surface area contributed by atoms with E-state index in [1.54, 1.807) is 0 Å². The lowest BCUT2D eigenvalue weighted by Gasteiger charge is -2.16. The number of allylic oxidation sites excluding steroid dienone is 3. The van der Waals surface area contributed by atoms with E-state index in [1.165, 1.54) is 109 Å². The molecular weight excluding hydrogens is 288 g/mol. The summed E-state index contributed by atoms with van der Waals surface area (Å²) in [6.45, 7) is 8.42. The standard InChI is InChI=1S/C24H46/c1-4-7-10-13-14-15-17-20-23-24(21-18-12-9-6-3)22-19-16-11-8-5-2/h6,13-14,24H,3-5,7-12,15-23H2,1-2H3. The van der Waals surface area contributed by atoms with Crippen molar-refractivity contribution in [3.8, 4) is 0 Å². The van der Waals surface area contributed by atoms with Crippen molar-refractivity contribution in [2.24, 2.45) is 5.92 Å². The van der Waals surface area contributed by atoms with Crippen LogP contribution in [0.1, 0.15) is 123 Å². The molecule has 0 N–H and O–H groups in total. The third kappa shape index (κ3) is 17.8. The fourth-order valence-corrected chi connectivity index (χ4v) is 3.44. The summed E-state index contributed by atoms with van der Waals surface area (Å²) in [6, 6.07) is 0. The fraction of sp³-hybridized carbons (Fsp3) is 0.833. The third-order valence-electron chi connectivity index (χ3n) is 5.11. The molecule has 0 bridgehead atoms. The van der Waals surface area contributed by atoms with Crippen LogP contribution in [-0.4, -0.2) is 0 Å². The van der Waals surface area contributed by atoms with Gasteiger partial charge in [0.2, 0.25) is 0 Å². The lowest BCUT2D eigenvalue weighted by molar-refractivity contribution is 0.373. The van der Waals surface area contributed by atoms with Gasteiger partial charge in [-0.15, -0.1) is 6.58 Å². The van der Waals surface area contributed by atoms with Gasteiger partial charge in [0.15, 0.2) is 0 Å². The van der Waals surface area contributed by atoms with E-state index in [0.717, 1.165) is 5.92 Å². The van der Waals surface area contributed by atoms with E-state index in [1.807, 2.05) is 0 Å². The summed E-state index contributed by atoms with van der Waals surface area (Å²) in [4.78, 5) is 0. The van der Waals surface area contributed by atoms with Crippen molar-refractivity contribution in [2.75, 3.05) is 0 Å². The van der Waals surface area contributed by atoms with Crippen LogP contribution in [0.5, 0.6) is 0 Å². The van der Waals surface area contributed by atoms with Crippen molar-refractivity contribution in [3.05, 3.63) is 24.8 Å². The Kier molecular flexibility index (Phi) is 20.1. The molecule has 0 fully saturated rings. The predicted molar refractivity (Wildman–Crippen MR) is 113 cm³/mol. The van der Waals surface area contributed by atoms with Crippen LogP contribution in [0.15, 0.2) is 24.8 Å². The third-order valence-corrected chi connectivity index (χ3v) is 5.11. The van der Waals surface area contributed by atoms with Crippen molar-refractivity contribution >= 4 is 0 Å². The van der Waals surface area contributed by atoms with Crippen molar-refractivity contribution in [1.29, 1.82) is 0 Å². The van der Waals surface area contributed by atoms with Gasteiger partial charge in [-0.2, -0.15) is 0 Å². The number of unbranched alkanes of at least 4 members (excludes halogenated alkanes) is 10. The summed E-state index contributed by atoms with van der Waals surface area (Å²) >= 11 is 0. The van der Waals surface area contributed by atoms with Crippen LogP contribution < -0.4 is 0 Å². The maximum Gasteiger partial charge on any atom is -0.0351 e. The molecule has 0 aliphatic rings. The van der Waals surface area contributed by atoms with Crippen LogP contribution >= 0.6 is 0 Å². The lowest BCUT2D eigenvalue weighted by Crippen LogP contribution is -2.01. The van der Waals surface area contributed by atoms with E-state index in [-0.39, 0.29) is 0 Å². The van der Waals surface area contributed by atoms with Gasteiger partial charge >= 0.3 is 0 Å². The van der Waals surface area contributed by atoms with Gasteiger partial charge < -0.3 is 0 Å². The summed E-state index contributed by atoms with van der Waals surface area (Å²) in [5, 5.41) is 0. The first-order valence-electron chi connectivity index (χ1n) is 11.1. The topological polar surface area (TPSA) is 0 Å². The average molecular weight is 335 g/mol. The zero-order valence-electron chi connectivity index (χ0n) is 17.0. The van der Waals surface area contributed by atoms with E-state index >= 15 is 0 Å². The van der Waals surface area contributed by atoms with Gasteiger partial charge in [0.1, 0.15) is 0 Å². The molecule has 0 nitrogen and oxygen atoms in total. The summed E-state index contributed by atoms with van der Waals surface area (Å²) in [5.41, 5.74) is 0. The Morgan fingerprint density at radius 2 is 1.08 bits per heavy atom. The van der Waals surface area contributed by atoms with Crippen LogP contribution in [-0.2, 0) is 0 Å². The van der Waals surface area contributed by atoms with Crippen LogP contribution in [0.2, 0.25) is 0 Å². The molecule has 0 aromatic carbocycles. The maximum absolute atomic E-state index is 3.85. The predicted octanol–water partition coefficient (Wildman–Crippen LogP) is 9.02. The monoisotopic (exact) mass is 334 g/mol. The molecule has 0 heteroatoms. The summed E-state index contributed by atoms with van der Waals surface area (Å²) < 4.78 is 0. The minimum absolute atomic E-state index is 0.987. The molecular formula is C24H46. The molecule has 0 aliphatic heterocycles. The van der Waals surface area contributed by atoms with Crippen molar-refractivity contribution in [3.63, 3.8) is 0 Å². The molecule has 1 unspecified atom stereocenters. The Morgan fingerprint density at radius 3 is 1.67 bits per heavy atom. The van der Waals surface area contributed by atoms with E-state index < -0.39 is 0 Å². The fourth-order valence-electron chi connectivity index (χ4n) is 3.44. The zero-order valence-corrected chi connectivity index (χ0v) is 17.0. The van der Waals surface area contributed by atoms with Crippen LogP contribution in [0.4, 0.5) is 0 Å². The molecule has 0 radical (unpaired) electrons. The van der Waals surface area contributed by atoms with E-state index in [2.05, 4.69) is 38.7 Å². The quantitative estimate of drug-likeness (QED) is 0.163. The molecule has 0 aliphatic carbocycles. The average Bonchev–Trinajstić information content (AvgIpc) is 2.60. The summed E-state index contributed by atoms with van der Waals surface area (Å²) in [7, 11) is 0. The lowest BCUT2D eigenvalue weighted by atomic mass is 9.90. The summed E-state index contributed by atoms with van der Waals surface area (Å²) in [5.74, 6) is 0.987. The Balaban J connectivity index is 3.78. The highest BCUT2D eigenvalue weighted by Gasteiger charge is 2.08. The molecule has 0 amide bonds. The second-order valence-electron chi connectivity index (χ2n) is 7.54. The molecule has 142 valence electrons. The highest BCUT2D eigenvalue weighted by Crippen LogP contribution is 2.24. The van der Waals surface area contributed by atoms with Crippen LogP contribution in [0.25, 0.3) is 0 Å². The van der Waals surface area contributed by atoms with E-state index in [4.69, 9.17) is 0 Å². The molecule has 0 rings (SSSR count).